The minimum Gasteiger partial charge on any atom is -0.378 e. The van der Waals surface area contributed by atoms with Crippen LogP contribution in [0.1, 0.15) is 25.7 Å². The van der Waals surface area contributed by atoms with Crippen LogP contribution >= 0.6 is 11.6 Å². The summed E-state index contributed by atoms with van der Waals surface area (Å²) in [6.07, 6.45) is 5.10. The molecule has 1 saturated carbocycles. The normalized spacial score (nSPS) is 21.3. The highest BCUT2D eigenvalue weighted by Gasteiger charge is 2.33. The maximum absolute atomic E-state index is 11.5. The van der Waals surface area contributed by atoms with Crippen LogP contribution in [0, 0.1) is 0 Å². The zero-order valence-corrected chi connectivity index (χ0v) is 12.9. The second-order valence-electron chi connectivity index (χ2n) is 5.87. The Bertz CT molecular complexity index is 509. The van der Waals surface area contributed by atoms with Crippen molar-refractivity contribution in [3.05, 3.63) is 23.2 Å². The Morgan fingerprint density at radius 2 is 1.95 bits per heavy atom. The number of carbonyl (C=O) groups is 1. The van der Waals surface area contributed by atoms with Crippen molar-refractivity contribution in [1.82, 2.24) is 0 Å². The summed E-state index contributed by atoms with van der Waals surface area (Å²) in [5, 5.41) is 4.17. The maximum atomic E-state index is 11.5. The fraction of sp³-hybridized carbons (Fsp3) is 0.562. The molecule has 0 amide bonds. The summed E-state index contributed by atoms with van der Waals surface area (Å²) >= 11 is 6.33. The molecule has 1 aliphatic carbocycles. The maximum Gasteiger partial charge on any atom is 0.145 e. The van der Waals surface area contributed by atoms with Gasteiger partial charge in [0.1, 0.15) is 6.29 Å². The lowest BCUT2D eigenvalue weighted by molar-refractivity contribution is -0.111. The molecule has 114 valence electrons. The van der Waals surface area contributed by atoms with Crippen molar-refractivity contribution in [1.29, 1.82) is 0 Å². The van der Waals surface area contributed by atoms with E-state index >= 15 is 0 Å². The van der Waals surface area contributed by atoms with Crippen molar-refractivity contribution in [2.75, 3.05) is 36.5 Å². The number of halogens is 1. The lowest BCUT2D eigenvalue weighted by atomic mass is 9.99. The van der Waals surface area contributed by atoms with Crippen molar-refractivity contribution >= 4 is 29.3 Å². The van der Waals surface area contributed by atoms with Gasteiger partial charge in [0.25, 0.3) is 0 Å². The molecular formula is C16H21ClN2O2. The number of ether oxygens (including phenoxy) is 1. The molecule has 1 N–H and O–H groups in total. The van der Waals surface area contributed by atoms with Gasteiger partial charge in [-0.15, -0.1) is 0 Å². The molecule has 3 rings (SSSR count). The first kappa shape index (κ1) is 14.7. The van der Waals surface area contributed by atoms with Gasteiger partial charge >= 0.3 is 0 Å². The molecule has 0 aromatic heterocycles. The van der Waals surface area contributed by atoms with Crippen LogP contribution in [0.4, 0.5) is 11.4 Å². The summed E-state index contributed by atoms with van der Waals surface area (Å²) in [6.45, 7) is 3.16. The quantitative estimate of drug-likeness (QED) is 0.868. The van der Waals surface area contributed by atoms with Crippen LogP contribution in [-0.4, -0.2) is 38.1 Å². The minimum atomic E-state index is -0.393. The zero-order valence-electron chi connectivity index (χ0n) is 12.1. The van der Waals surface area contributed by atoms with E-state index in [9.17, 15) is 4.79 Å². The first-order valence-electron chi connectivity index (χ1n) is 7.59. The van der Waals surface area contributed by atoms with Crippen molar-refractivity contribution in [3.63, 3.8) is 0 Å². The van der Waals surface area contributed by atoms with Crippen molar-refractivity contribution in [2.24, 2.45) is 0 Å². The number of carbonyl (C=O) groups excluding carboxylic acids is 1. The fourth-order valence-corrected chi connectivity index (χ4v) is 3.44. The lowest BCUT2D eigenvalue weighted by Gasteiger charge is -2.31. The number of aldehydes is 1. The highest BCUT2D eigenvalue weighted by Crippen LogP contribution is 2.35. The van der Waals surface area contributed by atoms with E-state index in [0.29, 0.717) is 0 Å². The second kappa shape index (κ2) is 6.24. The molecule has 1 aliphatic heterocycles. The monoisotopic (exact) mass is 308 g/mol. The van der Waals surface area contributed by atoms with Gasteiger partial charge in [-0.05, 0) is 31.0 Å². The van der Waals surface area contributed by atoms with E-state index in [0.717, 1.165) is 74.7 Å². The Morgan fingerprint density at radius 1 is 1.24 bits per heavy atom. The fourth-order valence-electron chi connectivity index (χ4n) is 3.20. The summed E-state index contributed by atoms with van der Waals surface area (Å²) in [4.78, 5) is 13.7. The van der Waals surface area contributed by atoms with Crippen LogP contribution in [0.2, 0.25) is 5.02 Å². The largest absolute Gasteiger partial charge is 0.378 e. The summed E-state index contributed by atoms with van der Waals surface area (Å²) in [7, 11) is 0. The summed E-state index contributed by atoms with van der Waals surface area (Å²) in [5.41, 5.74) is 1.59. The molecule has 0 radical (unpaired) electrons. The Morgan fingerprint density at radius 3 is 2.62 bits per heavy atom. The predicted octanol–water partition coefficient (Wildman–Crippen LogP) is 3.10. The molecular weight excluding hydrogens is 288 g/mol. The summed E-state index contributed by atoms with van der Waals surface area (Å²) in [6, 6.07) is 5.91. The molecule has 0 bridgehead atoms. The van der Waals surface area contributed by atoms with E-state index in [4.69, 9.17) is 16.3 Å². The van der Waals surface area contributed by atoms with Crippen LogP contribution in [-0.2, 0) is 9.53 Å². The number of anilines is 2. The third-order valence-corrected chi connectivity index (χ3v) is 4.73. The smallest absolute Gasteiger partial charge is 0.145 e. The van der Waals surface area contributed by atoms with Gasteiger partial charge in [-0.25, -0.2) is 0 Å². The predicted molar refractivity (Wildman–Crippen MR) is 85.4 cm³/mol. The first-order chi connectivity index (χ1) is 10.2. The van der Waals surface area contributed by atoms with E-state index in [1.165, 1.54) is 0 Å². The molecule has 1 aromatic carbocycles. The number of rotatable bonds is 4. The SMILES string of the molecule is O=CC1(Nc2ccc(Cl)c(N3CCOCC3)c2)CCCC1. The van der Waals surface area contributed by atoms with Crippen LogP contribution in [0.25, 0.3) is 0 Å². The third kappa shape index (κ3) is 3.16. The first-order valence-corrected chi connectivity index (χ1v) is 7.97. The molecule has 21 heavy (non-hydrogen) atoms. The molecule has 5 heteroatoms. The summed E-state index contributed by atoms with van der Waals surface area (Å²) in [5.74, 6) is 0. The molecule has 4 nitrogen and oxygen atoms in total. The Hall–Kier alpha value is -1.26. The van der Waals surface area contributed by atoms with Crippen LogP contribution in [0.5, 0.6) is 0 Å². The Kier molecular flexibility index (Phi) is 4.36. The molecule has 0 unspecified atom stereocenters. The van der Waals surface area contributed by atoms with E-state index in [2.05, 4.69) is 16.3 Å². The van der Waals surface area contributed by atoms with E-state index in [-0.39, 0.29) is 0 Å². The van der Waals surface area contributed by atoms with Gasteiger partial charge in [0.15, 0.2) is 0 Å². The highest BCUT2D eigenvalue weighted by atomic mass is 35.5. The van der Waals surface area contributed by atoms with Gasteiger partial charge in [-0.3, -0.25) is 0 Å². The molecule has 1 heterocycles. The number of nitrogens with zero attached hydrogens (tertiary/aromatic N) is 1. The van der Waals surface area contributed by atoms with Crippen molar-refractivity contribution in [2.45, 2.75) is 31.2 Å². The van der Waals surface area contributed by atoms with Gasteiger partial charge in [0, 0.05) is 18.8 Å². The second-order valence-corrected chi connectivity index (χ2v) is 6.28. The molecule has 0 atom stereocenters. The van der Waals surface area contributed by atoms with E-state index in [1.54, 1.807) is 0 Å². The lowest BCUT2D eigenvalue weighted by Crippen LogP contribution is -2.38. The van der Waals surface area contributed by atoms with Gasteiger partial charge < -0.3 is 19.7 Å². The van der Waals surface area contributed by atoms with Crippen molar-refractivity contribution < 1.29 is 9.53 Å². The molecule has 1 saturated heterocycles. The molecule has 1 aromatic rings. The van der Waals surface area contributed by atoms with Crippen LogP contribution in [0.3, 0.4) is 0 Å². The molecule has 0 spiro atoms. The summed E-state index contributed by atoms with van der Waals surface area (Å²) < 4.78 is 5.39. The standard InChI is InChI=1S/C16H21ClN2O2/c17-14-4-3-13(18-16(12-20)5-1-2-6-16)11-15(14)19-7-9-21-10-8-19/h3-4,11-12,18H,1-2,5-10H2. The van der Waals surface area contributed by atoms with E-state index < -0.39 is 5.54 Å². The average Bonchev–Trinajstić information content (AvgIpc) is 2.99. The number of hydrogen-bond acceptors (Lipinski definition) is 4. The number of benzene rings is 1. The minimum absolute atomic E-state index is 0.393. The van der Waals surface area contributed by atoms with Gasteiger partial charge in [-0.1, -0.05) is 24.4 Å². The Balaban J connectivity index is 1.81. The van der Waals surface area contributed by atoms with Crippen LogP contribution in [0.15, 0.2) is 18.2 Å². The molecule has 2 fully saturated rings. The van der Waals surface area contributed by atoms with Crippen molar-refractivity contribution in [3.8, 4) is 0 Å². The third-order valence-electron chi connectivity index (χ3n) is 4.41. The highest BCUT2D eigenvalue weighted by molar-refractivity contribution is 6.33. The number of hydrogen-bond donors (Lipinski definition) is 1. The van der Waals surface area contributed by atoms with E-state index in [1.807, 2.05) is 12.1 Å². The zero-order chi connectivity index (χ0) is 14.7. The van der Waals surface area contributed by atoms with Gasteiger partial charge in [-0.2, -0.15) is 0 Å². The topological polar surface area (TPSA) is 41.6 Å². The Labute approximate surface area is 130 Å². The average molecular weight is 309 g/mol. The molecule has 2 aliphatic rings. The number of nitrogens with one attached hydrogen (secondary N) is 1. The van der Waals surface area contributed by atoms with Gasteiger partial charge in [0.05, 0.1) is 29.5 Å². The number of morpholine rings is 1. The van der Waals surface area contributed by atoms with Crippen LogP contribution < -0.4 is 10.2 Å². The van der Waals surface area contributed by atoms with Gasteiger partial charge in [0.2, 0.25) is 0 Å².